The Balaban J connectivity index is 1.87. The van der Waals surface area contributed by atoms with Crippen molar-refractivity contribution in [3.8, 4) is 0 Å². The van der Waals surface area contributed by atoms with Gasteiger partial charge in [0, 0.05) is 5.69 Å². The maximum atomic E-state index is 12.9. The van der Waals surface area contributed by atoms with Gasteiger partial charge >= 0.3 is 12.2 Å². The first-order chi connectivity index (χ1) is 13.2. The first kappa shape index (κ1) is 19.3. The first-order valence-corrected chi connectivity index (χ1v) is 8.17. The van der Waals surface area contributed by atoms with Crippen molar-refractivity contribution in [2.24, 2.45) is 0 Å². The number of aryl methyl sites for hydroxylation is 2. The molecule has 1 heterocycles. The summed E-state index contributed by atoms with van der Waals surface area (Å²) >= 11 is 0. The number of imide groups is 1. The lowest BCUT2D eigenvalue weighted by molar-refractivity contribution is -0.137. The highest BCUT2D eigenvalue weighted by atomic mass is 19.4. The van der Waals surface area contributed by atoms with E-state index in [1.807, 2.05) is 6.92 Å². The van der Waals surface area contributed by atoms with Crippen LogP contribution in [-0.2, 0) is 11.0 Å². The van der Waals surface area contributed by atoms with Crippen LogP contribution in [0, 0.1) is 13.8 Å². The van der Waals surface area contributed by atoms with Crippen LogP contribution in [0.2, 0.25) is 0 Å². The molecule has 0 aliphatic rings. The number of nitrogens with one attached hydrogen (secondary N) is 1. The third-order valence-electron chi connectivity index (χ3n) is 4.10. The Hall–Kier alpha value is -3.49. The second kappa shape index (κ2) is 7.26. The zero-order chi connectivity index (χ0) is 20.5. The number of carbonyl (C=O) groups is 2. The molecule has 0 fully saturated rings. The van der Waals surface area contributed by atoms with Crippen molar-refractivity contribution in [3.63, 3.8) is 0 Å². The maximum absolute atomic E-state index is 12.9. The molecule has 9 heteroatoms. The van der Waals surface area contributed by atoms with Crippen molar-refractivity contribution in [1.82, 2.24) is 9.97 Å². The smallest absolute Gasteiger partial charge is 0.307 e. The number of benzene rings is 2. The van der Waals surface area contributed by atoms with Gasteiger partial charge in [-0.15, -0.1) is 0 Å². The lowest BCUT2D eigenvalue weighted by Crippen LogP contribution is -2.33. The molecule has 144 valence electrons. The molecule has 0 saturated heterocycles. The Morgan fingerprint density at radius 2 is 1.71 bits per heavy atom. The van der Waals surface area contributed by atoms with Crippen LogP contribution in [0.25, 0.3) is 11.0 Å². The number of nitrogens with zero attached hydrogens (tertiary/aromatic N) is 3. The normalized spacial score (nSPS) is 11.3. The van der Waals surface area contributed by atoms with E-state index in [1.54, 1.807) is 25.1 Å². The van der Waals surface area contributed by atoms with Crippen molar-refractivity contribution in [1.29, 1.82) is 0 Å². The molecule has 3 aromatic rings. The molecule has 0 unspecified atom stereocenters. The second-order valence-electron chi connectivity index (χ2n) is 6.05. The number of amides is 3. The minimum absolute atomic E-state index is 0.152. The van der Waals surface area contributed by atoms with Gasteiger partial charge in [0.1, 0.15) is 0 Å². The van der Waals surface area contributed by atoms with Gasteiger partial charge < -0.3 is 5.32 Å². The predicted molar refractivity (Wildman–Crippen MR) is 98.0 cm³/mol. The molecule has 0 atom stereocenters. The Kier molecular flexibility index (Phi) is 5.00. The number of alkyl halides is 3. The zero-order valence-corrected chi connectivity index (χ0v) is 14.9. The fraction of sp³-hybridized carbons (Fsp3) is 0.158. The largest absolute Gasteiger partial charge is 0.416 e. The molecule has 0 spiro atoms. The molecule has 1 N–H and O–H groups in total. The maximum Gasteiger partial charge on any atom is 0.416 e. The highest BCUT2D eigenvalue weighted by Crippen LogP contribution is 2.31. The molecule has 3 amide bonds. The van der Waals surface area contributed by atoms with E-state index in [0.29, 0.717) is 21.6 Å². The number of aromatic nitrogens is 2. The molecular formula is C19H15F3N4O2. The lowest BCUT2D eigenvalue weighted by Gasteiger charge is -2.18. The molecule has 0 aliphatic heterocycles. The molecule has 1 aromatic heterocycles. The van der Waals surface area contributed by atoms with E-state index in [0.717, 1.165) is 29.6 Å². The summed E-state index contributed by atoms with van der Waals surface area (Å²) in [5, 5.41) is 2.48. The van der Waals surface area contributed by atoms with E-state index in [2.05, 4.69) is 15.3 Å². The van der Waals surface area contributed by atoms with Crippen LogP contribution in [0.4, 0.5) is 29.3 Å². The number of hydrogen-bond donors (Lipinski definition) is 1. The van der Waals surface area contributed by atoms with E-state index in [-0.39, 0.29) is 12.1 Å². The summed E-state index contributed by atoms with van der Waals surface area (Å²) in [4.78, 5) is 33.1. The summed E-state index contributed by atoms with van der Waals surface area (Å²) in [6.07, 6.45) is -4.44. The molecule has 0 aliphatic carbocycles. The monoisotopic (exact) mass is 388 g/mol. The van der Waals surface area contributed by atoms with Crippen molar-refractivity contribution in [2.45, 2.75) is 20.0 Å². The SMILES string of the molecule is Cc1nc2ccc(NC(=O)N(C=O)c3cccc(C(F)(F)F)c3)cc2nc1C. The highest BCUT2D eigenvalue weighted by Gasteiger charge is 2.31. The van der Waals surface area contributed by atoms with Gasteiger partial charge in [-0.25, -0.2) is 19.7 Å². The average Bonchev–Trinajstić information content (AvgIpc) is 2.63. The average molecular weight is 388 g/mol. The molecule has 0 saturated carbocycles. The van der Waals surface area contributed by atoms with Crippen LogP contribution in [0.5, 0.6) is 0 Å². The van der Waals surface area contributed by atoms with E-state index >= 15 is 0 Å². The molecular weight excluding hydrogens is 373 g/mol. The van der Waals surface area contributed by atoms with Gasteiger partial charge in [0.15, 0.2) is 0 Å². The van der Waals surface area contributed by atoms with E-state index in [9.17, 15) is 22.8 Å². The van der Waals surface area contributed by atoms with Gasteiger partial charge in [0.05, 0.1) is 33.7 Å². The van der Waals surface area contributed by atoms with Gasteiger partial charge in [-0.3, -0.25) is 4.79 Å². The number of fused-ring (bicyclic) bond motifs is 1. The number of hydrogen-bond acceptors (Lipinski definition) is 4. The quantitative estimate of drug-likeness (QED) is 0.672. The summed E-state index contributed by atoms with van der Waals surface area (Å²) in [6, 6.07) is 7.84. The first-order valence-electron chi connectivity index (χ1n) is 8.17. The van der Waals surface area contributed by atoms with E-state index in [4.69, 9.17) is 0 Å². The molecule has 2 aromatic carbocycles. The van der Waals surface area contributed by atoms with Crippen molar-refractivity contribution >= 4 is 34.8 Å². The summed E-state index contributed by atoms with van der Waals surface area (Å²) < 4.78 is 38.6. The van der Waals surface area contributed by atoms with Crippen LogP contribution < -0.4 is 10.2 Å². The number of carbonyl (C=O) groups excluding carboxylic acids is 2. The summed E-state index contributed by atoms with van der Waals surface area (Å²) in [5.74, 6) is 0. The summed E-state index contributed by atoms with van der Waals surface area (Å²) in [7, 11) is 0. The van der Waals surface area contributed by atoms with Crippen molar-refractivity contribution in [2.75, 3.05) is 10.2 Å². The van der Waals surface area contributed by atoms with Crippen molar-refractivity contribution < 1.29 is 22.8 Å². The molecule has 6 nitrogen and oxygen atoms in total. The second-order valence-corrected chi connectivity index (χ2v) is 6.05. The Morgan fingerprint density at radius 3 is 2.36 bits per heavy atom. The lowest BCUT2D eigenvalue weighted by atomic mass is 10.2. The van der Waals surface area contributed by atoms with Crippen LogP contribution in [0.1, 0.15) is 17.0 Å². The van der Waals surface area contributed by atoms with E-state index < -0.39 is 17.8 Å². The highest BCUT2D eigenvalue weighted by molar-refractivity contribution is 6.12. The topological polar surface area (TPSA) is 75.2 Å². The fourth-order valence-corrected chi connectivity index (χ4v) is 2.55. The predicted octanol–water partition coefficient (Wildman–Crippen LogP) is 4.46. The standard InChI is InChI=1S/C19H15F3N4O2/c1-11-12(2)24-17-9-14(6-7-16(17)23-11)25-18(28)26(10-27)15-5-3-4-13(8-15)19(20,21)22/h3-10H,1-2H3,(H,25,28). The van der Waals surface area contributed by atoms with Crippen LogP contribution >= 0.6 is 0 Å². The fourth-order valence-electron chi connectivity index (χ4n) is 2.55. The number of urea groups is 1. The minimum atomic E-state index is -4.59. The van der Waals surface area contributed by atoms with Gasteiger partial charge in [0.25, 0.3) is 0 Å². The van der Waals surface area contributed by atoms with Crippen molar-refractivity contribution in [3.05, 3.63) is 59.4 Å². The minimum Gasteiger partial charge on any atom is -0.307 e. The van der Waals surface area contributed by atoms with Crippen LogP contribution in [0.3, 0.4) is 0 Å². The van der Waals surface area contributed by atoms with Crippen LogP contribution in [0.15, 0.2) is 42.5 Å². The molecule has 0 bridgehead atoms. The van der Waals surface area contributed by atoms with Gasteiger partial charge in [-0.05, 0) is 50.2 Å². The third-order valence-corrected chi connectivity index (χ3v) is 4.10. The Bertz CT molecular complexity index is 1070. The summed E-state index contributed by atoms with van der Waals surface area (Å²) in [5.41, 5.74) is 1.85. The number of anilines is 2. The molecule has 3 rings (SSSR count). The van der Waals surface area contributed by atoms with Gasteiger partial charge in [0.2, 0.25) is 6.41 Å². The third kappa shape index (κ3) is 3.93. The number of rotatable bonds is 3. The van der Waals surface area contributed by atoms with Gasteiger partial charge in [-0.1, -0.05) is 6.07 Å². The number of halogens is 3. The molecule has 0 radical (unpaired) electrons. The van der Waals surface area contributed by atoms with E-state index in [1.165, 1.54) is 6.07 Å². The Labute approximate surface area is 158 Å². The summed E-state index contributed by atoms with van der Waals surface area (Å²) in [6.45, 7) is 3.63. The Morgan fingerprint density at radius 1 is 1.04 bits per heavy atom. The zero-order valence-electron chi connectivity index (χ0n) is 14.9. The van der Waals surface area contributed by atoms with Crippen LogP contribution in [-0.4, -0.2) is 22.4 Å². The molecule has 28 heavy (non-hydrogen) atoms. The van der Waals surface area contributed by atoms with Gasteiger partial charge in [-0.2, -0.15) is 13.2 Å².